The van der Waals surface area contributed by atoms with Crippen molar-refractivity contribution in [1.82, 2.24) is 9.88 Å². The first-order valence-corrected chi connectivity index (χ1v) is 12.1. The molecule has 0 N–H and O–H groups in total. The Hall–Kier alpha value is -3.84. The van der Waals surface area contributed by atoms with E-state index < -0.39 is 11.6 Å². The van der Waals surface area contributed by atoms with E-state index in [2.05, 4.69) is 4.90 Å². The molecule has 7 heteroatoms. The maximum atomic E-state index is 12.1. The number of aromatic nitrogens is 1. The highest BCUT2D eigenvalue weighted by molar-refractivity contribution is 5.79. The lowest BCUT2D eigenvalue weighted by molar-refractivity contribution is -0.158. The fourth-order valence-electron chi connectivity index (χ4n) is 3.84. The molecule has 4 rings (SSSR count). The summed E-state index contributed by atoms with van der Waals surface area (Å²) in [5, 5.41) is 0. The van der Waals surface area contributed by atoms with Gasteiger partial charge in [0.2, 0.25) is 5.89 Å². The van der Waals surface area contributed by atoms with E-state index in [0.717, 1.165) is 28.3 Å². The summed E-state index contributed by atoms with van der Waals surface area (Å²) in [6.07, 6.45) is 1.68. The van der Waals surface area contributed by atoms with Crippen molar-refractivity contribution in [2.24, 2.45) is 0 Å². The average Bonchev–Trinajstić information content (AvgIpc) is 3.50. The van der Waals surface area contributed by atoms with Gasteiger partial charge >= 0.3 is 5.97 Å². The van der Waals surface area contributed by atoms with E-state index in [9.17, 15) is 4.79 Å². The number of furan rings is 1. The van der Waals surface area contributed by atoms with Crippen molar-refractivity contribution in [3.8, 4) is 17.2 Å². The number of nitrogens with zero attached hydrogens (tertiary/aromatic N) is 2. The third kappa shape index (κ3) is 6.43. The SMILES string of the molecule is CCOC(=O)C(C)(C)Oc1ccc(CN(Cc2ccco2)Cc2nc(-c3ccccc3)oc2C)cc1. The van der Waals surface area contributed by atoms with E-state index in [1.54, 1.807) is 27.0 Å². The number of rotatable bonds is 11. The standard InChI is InChI=1S/C29H32N2O5/c1-5-33-28(32)29(3,4)36-24-15-13-22(14-16-24)18-31(19-25-12-9-17-34-25)20-26-21(2)35-27(30-26)23-10-7-6-8-11-23/h6-17H,5,18-20H2,1-4H3. The maximum Gasteiger partial charge on any atom is 0.349 e. The van der Waals surface area contributed by atoms with Gasteiger partial charge in [0.15, 0.2) is 5.60 Å². The summed E-state index contributed by atoms with van der Waals surface area (Å²) in [4.78, 5) is 19.2. The number of hydrogen-bond acceptors (Lipinski definition) is 7. The minimum atomic E-state index is -1.07. The quantitative estimate of drug-likeness (QED) is 0.234. The first kappa shape index (κ1) is 25.3. The molecular weight excluding hydrogens is 456 g/mol. The molecule has 0 aliphatic rings. The number of ether oxygens (including phenoxy) is 2. The van der Waals surface area contributed by atoms with Gasteiger partial charge in [-0.15, -0.1) is 0 Å². The number of esters is 1. The second-order valence-corrected chi connectivity index (χ2v) is 9.09. The molecule has 36 heavy (non-hydrogen) atoms. The number of carbonyl (C=O) groups is 1. The van der Waals surface area contributed by atoms with Crippen LogP contribution in [0, 0.1) is 6.92 Å². The molecule has 4 aromatic rings. The molecule has 0 atom stereocenters. The summed E-state index contributed by atoms with van der Waals surface area (Å²) in [6, 6.07) is 21.5. The Morgan fingerprint density at radius 1 is 0.972 bits per heavy atom. The first-order chi connectivity index (χ1) is 17.3. The fraction of sp³-hybridized carbons (Fsp3) is 0.310. The molecule has 7 nitrogen and oxygen atoms in total. The predicted molar refractivity (Wildman–Crippen MR) is 136 cm³/mol. The molecule has 0 unspecified atom stereocenters. The van der Waals surface area contributed by atoms with Crippen molar-refractivity contribution >= 4 is 5.97 Å². The van der Waals surface area contributed by atoms with Crippen LogP contribution in [0.2, 0.25) is 0 Å². The van der Waals surface area contributed by atoms with Gasteiger partial charge in [0.1, 0.15) is 17.3 Å². The lowest BCUT2D eigenvalue weighted by Crippen LogP contribution is -2.39. The Balaban J connectivity index is 1.48. The van der Waals surface area contributed by atoms with Gasteiger partial charge in [-0.3, -0.25) is 4.90 Å². The molecule has 188 valence electrons. The highest BCUT2D eigenvalue weighted by Gasteiger charge is 2.31. The van der Waals surface area contributed by atoms with Gasteiger partial charge in [0.05, 0.1) is 25.1 Å². The molecule has 0 aliphatic heterocycles. The first-order valence-electron chi connectivity index (χ1n) is 12.1. The summed E-state index contributed by atoms with van der Waals surface area (Å²) < 4.78 is 22.6. The molecule has 0 radical (unpaired) electrons. The van der Waals surface area contributed by atoms with E-state index in [1.165, 1.54) is 0 Å². The highest BCUT2D eigenvalue weighted by Crippen LogP contribution is 2.25. The van der Waals surface area contributed by atoms with Crippen molar-refractivity contribution in [2.45, 2.75) is 52.9 Å². The Labute approximate surface area is 211 Å². The zero-order valence-corrected chi connectivity index (χ0v) is 21.2. The van der Waals surface area contributed by atoms with Gasteiger partial charge in [0.25, 0.3) is 0 Å². The molecule has 2 heterocycles. The molecule has 0 fully saturated rings. The van der Waals surface area contributed by atoms with Crippen LogP contribution in [-0.4, -0.2) is 28.1 Å². The number of benzene rings is 2. The molecule has 0 spiro atoms. The van der Waals surface area contributed by atoms with Crippen molar-refractivity contribution in [1.29, 1.82) is 0 Å². The van der Waals surface area contributed by atoms with E-state index in [4.69, 9.17) is 23.3 Å². The summed E-state index contributed by atoms with van der Waals surface area (Å²) in [6.45, 7) is 9.31. The predicted octanol–water partition coefficient (Wildman–Crippen LogP) is 6.17. The zero-order chi connectivity index (χ0) is 25.5. The molecule has 0 amide bonds. The van der Waals surface area contributed by atoms with Crippen molar-refractivity contribution in [3.05, 3.63) is 95.8 Å². The van der Waals surface area contributed by atoms with Gasteiger partial charge in [0, 0.05) is 18.7 Å². The van der Waals surface area contributed by atoms with Crippen molar-refractivity contribution < 1.29 is 23.1 Å². The Bertz CT molecular complexity index is 1240. The summed E-state index contributed by atoms with van der Waals surface area (Å²) in [7, 11) is 0. The van der Waals surface area contributed by atoms with Crippen LogP contribution in [0.4, 0.5) is 0 Å². The Morgan fingerprint density at radius 2 is 1.72 bits per heavy atom. The number of aryl methyl sites for hydroxylation is 1. The van der Waals surface area contributed by atoms with Gasteiger partial charge in [-0.1, -0.05) is 30.3 Å². The minimum absolute atomic E-state index is 0.313. The monoisotopic (exact) mass is 488 g/mol. The lowest BCUT2D eigenvalue weighted by atomic mass is 10.1. The lowest BCUT2D eigenvalue weighted by Gasteiger charge is -2.24. The van der Waals surface area contributed by atoms with Crippen LogP contribution in [0.1, 0.15) is 43.5 Å². The van der Waals surface area contributed by atoms with Crippen LogP contribution in [0.25, 0.3) is 11.5 Å². The van der Waals surface area contributed by atoms with Crippen molar-refractivity contribution in [2.75, 3.05) is 6.61 Å². The van der Waals surface area contributed by atoms with Crippen LogP contribution >= 0.6 is 0 Å². The summed E-state index contributed by atoms with van der Waals surface area (Å²) >= 11 is 0. The van der Waals surface area contributed by atoms with E-state index >= 15 is 0 Å². The van der Waals surface area contributed by atoms with Crippen LogP contribution < -0.4 is 4.74 Å². The largest absolute Gasteiger partial charge is 0.476 e. The number of oxazole rings is 1. The molecule has 0 saturated heterocycles. The smallest absolute Gasteiger partial charge is 0.349 e. The topological polar surface area (TPSA) is 77.9 Å². The van der Waals surface area contributed by atoms with E-state index in [1.807, 2.05) is 73.7 Å². The van der Waals surface area contributed by atoms with Crippen LogP contribution in [0.15, 0.2) is 81.8 Å². The molecule has 0 saturated carbocycles. The van der Waals surface area contributed by atoms with Crippen LogP contribution in [-0.2, 0) is 29.2 Å². The summed E-state index contributed by atoms with van der Waals surface area (Å²) in [5.74, 6) is 2.50. The second kappa shape index (κ2) is 11.3. The normalized spacial score (nSPS) is 11.6. The minimum Gasteiger partial charge on any atom is -0.476 e. The van der Waals surface area contributed by atoms with Gasteiger partial charge in [-0.2, -0.15) is 0 Å². The zero-order valence-electron chi connectivity index (χ0n) is 21.2. The van der Waals surface area contributed by atoms with Crippen LogP contribution in [0.3, 0.4) is 0 Å². The molecule has 0 bridgehead atoms. The van der Waals surface area contributed by atoms with Crippen molar-refractivity contribution in [3.63, 3.8) is 0 Å². The third-order valence-electron chi connectivity index (χ3n) is 5.72. The highest BCUT2D eigenvalue weighted by atomic mass is 16.6. The summed E-state index contributed by atoms with van der Waals surface area (Å²) in [5.41, 5.74) is 1.86. The average molecular weight is 489 g/mol. The Morgan fingerprint density at radius 3 is 2.39 bits per heavy atom. The van der Waals surface area contributed by atoms with Gasteiger partial charge in [-0.25, -0.2) is 9.78 Å². The Kier molecular flexibility index (Phi) is 7.90. The third-order valence-corrected chi connectivity index (χ3v) is 5.72. The van der Waals surface area contributed by atoms with Crippen LogP contribution in [0.5, 0.6) is 5.75 Å². The molecule has 2 aromatic carbocycles. The van der Waals surface area contributed by atoms with Gasteiger partial charge in [-0.05, 0) is 69.7 Å². The fourth-order valence-corrected chi connectivity index (χ4v) is 3.84. The maximum absolute atomic E-state index is 12.1. The van der Waals surface area contributed by atoms with E-state index in [0.29, 0.717) is 37.9 Å². The molecular formula is C29H32N2O5. The molecule has 2 aromatic heterocycles. The number of hydrogen-bond donors (Lipinski definition) is 0. The molecule has 0 aliphatic carbocycles. The van der Waals surface area contributed by atoms with E-state index in [-0.39, 0.29) is 0 Å². The second-order valence-electron chi connectivity index (χ2n) is 9.09. The number of carbonyl (C=O) groups excluding carboxylic acids is 1. The van der Waals surface area contributed by atoms with Gasteiger partial charge < -0.3 is 18.3 Å².